The second-order valence-corrected chi connectivity index (χ2v) is 2.79. The highest BCUT2D eigenvalue weighted by atomic mass is 19.1. The third-order valence-corrected chi connectivity index (χ3v) is 1.93. The number of halogens is 1. The van der Waals surface area contributed by atoms with Crippen molar-refractivity contribution in [1.29, 1.82) is 0 Å². The standard InChI is InChI=1S/C8H6FN3O2/c1-12-7-4(2-11-12)6(8(13)14)5(9)3-10-7/h2-3H,1H3,(H,13,14). The highest BCUT2D eigenvalue weighted by molar-refractivity contribution is 6.01. The van der Waals surface area contributed by atoms with E-state index >= 15 is 0 Å². The van der Waals surface area contributed by atoms with E-state index in [1.165, 1.54) is 10.9 Å². The third-order valence-electron chi connectivity index (χ3n) is 1.93. The van der Waals surface area contributed by atoms with Crippen LogP contribution in [-0.2, 0) is 7.05 Å². The summed E-state index contributed by atoms with van der Waals surface area (Å²) in [6.07, 6.45) is 2.17. The van der Waals surface area contributed by atoms with Gasteiger partial charge in [0.15, 0.2) is 11.5 Å². The van der Waals surface area contributed by atoms with E-state index in [-0.39, 0.29) is 10.9 Å². The van der Waals surface area contributed by atoms with Crippen LogP contribution in [0, 0.1) is 5.82 Å². The Balaban J connectivity index is 2.90. The highest BCUT2D eigenvalue weighted by Gasteiger charge is 2.17. The molecule has 2 aromatic rings. The van der Waals surface area contributed by atoms with Gasteiger partial charge in [-0.15, -0.1) is 0 Å². The first-order valence-corrected chi connectivity index (χ1v) is 3.80. The van der Waals surface area contributed by atoms with Crippen molar-refractivity contribution >= 4 is 17.0 Å². The molecule has 2 heterocycles. The Morgan fingerprint density at radius 3 is 2.93 bits per heavy atom. The summed E-state index contributed by atoms with van der Waals surface area (Å²) in [4.78, 5) is 14.5. The molecular weight excluding hydrogens is 189 g/mol. The zero-order valence-electron chi connectivity index (χ0n) is 7.23. The van der Waals surface area contributed by atoms with Gasteiger partial charge < -0.3 is 5.11 Å². The second-order valence-electron chi connectivity index (χ2n) is 2.79. The van der Waals surface area contributed by atoms with Crippen LogP contribution in [0.4, 0.5) is 4.39 Å². The van der Waals surface area contributed by atoms with E-state index < -0.39 is 11.8 Å². The van der Waals surface area contributed by atoms with E-state index in [2.05, 4.69) is 10.1 Å². The molecule has 0 fully saturated rings. The van der Waals surface area contributed by atoms with Gasteiger partial charge in [-0.2, -0.15) is 5.10 Å². The molecule has 0 spiro atoms. The Morgan fingerprint density at radius 1 is 1.57 bits per heavy atom. The number of aromatic nitrogens is 3. The summed E-state index contributed by atoms with van der Waals surface area (Å²) in [6.45, 7) is 0. The number of carbonyl (C=O) groups is 1. The Kier molecular flexibility index (Phi) is 1.70. The van der Waals surface area contributed by atoms with Crippen molar-refractivity contribution in [3.8, 4) is 0 Å². The fraction of sp³-hybridized carbons (Fsp3) is 0.125. The Bertz CT molecular complexity index is 521. The van der Waals surface area contributed by atoms with Crippen molar-refractivity contribution in [1.82, 2.24) is 14.8 Å². The molecule has 0 aliphatic heterocycles. The van der Waals surface area contributed by atoms with Gasteiger partial charge >= 0.3 is 5.97 Å². The second kappa shape index (κ2) is 2.76. The molecule has 0 unspecified atom stereocenters. The van der Waals surface area contributed by atoms with Gasteiger partial charge in [0, 0.05) is 7.05 Å². The number of hydrogen-bond acceptors (Lipinski definition) is 3. The number of aromatic carboxylic acids is 1. The summed E-state index contributed by atoms with van der Waals surface area (Å²) < 4.78 is 14.5. The van der Waals surface area contributed by atoms with Crippen LogP contribution in [0.25, 0.3) is 11.0 Å². The Morgan fingerprint density at radius 2 is 2.29 bits per heavy atom. The number of pyridine rings is 1. The zero-order valence-corrected chi connectivity index (χ0v) is 7.23. The number of carboxylic acid groups (broad SMARTS) is 1. The largest absolute Gasteiger partial charge is 0.478 e. The van der Waals surface area contributed by atoms with E-state index in [0.717, 1.165) is 6.20 Å². The average molecular weight is 195 g/mol. The van der Waals surface area contributed by atoms with Crippen LogP contribution < -0.4 is 0 Å². The number of hydrogen-bond donors (Lipinski definition) is 1. The van der Waals surface area contributed by atoms with E-state index in [1.54, 1.807) is 7.05 Å². The SMILES string of the molecule is Cn1ncc2c(C(=O)O)c(F)cnc21. The molecular formula is C8H6FN3O2. The van der Waals surface area contributed by atoms with Crippen molar-refractivity contribution in [2.24, 2.45) is 7.05 Å². The molecule has 0 aliphatic carbocycles. The molecule has 0 radical (unpaired) electrons. The van der Waals surface area contributed by atoms with Gasteiger partial charge in [-0.1, -0.05) is 0 Å². The fourth-order valence-electron chi connectivity index (χ4n) is 1.29. The maximum atomic E-state index is 13.1. The first kappa shape index (κ1) is 8.61. The molecule has 2 aromatic heterocycles. The molecule has 0 saturated carbocycles. The van der Waals surface area contributed by atoms with Crippen LogP contribution in [0.1, 0.15) is 10.4 Å². The third kappa shape index (κ3) is 1.04. The molecule has 1 N–H and O–H groups in total. The molecule has 72 valence electrons. The van der Waals surface area contributed by atoms with Crippen molar-refractivity contribution in [2.45, 2.75) is 0 Å². The minimum Gasteiger partial charge on any atom is -0.478 e. The fourth-order valence-corrected chi connectivity index (χ4v) is 1.29. The predicted molar refractivity (Wildman–Crippen MR) is 45.4 cm³/mol. The lowest BCUT2D eigenvalue weighted by Crippen LogP contribution is -2.03. The van der Waals surface area contributed by atoms with Crippen molar-refractivity contribution < 1.29 is 14.3 Å². The minimum absolute atomic E-state index is 0.208. The van der Waals surface area contributed by atoms with Crippen LogP contribution in [0.2, 0.25) is 0 Å². The van der Waals surface area contributed by atoms with Gasteiger partial charge in [-0.25, -0.2) is 14.2 Å². The molecule has 0 bridgehead atoms. The Labute approximate surface area is 77.8 Å². The summed E-state index contributed by atoms with van der Waals surface area (Å²) in [5.41, 5.74) is -0.0353. The first-order chi connectivity index (χ1) is 6.61. The molecule has 5 nitrogen and oxygen atoms in total. The maximum Gasteiger partial charge on any atom is 0.339 e. The number of rotatable bonds is 1. The summed E-state index contributed by atoms with van der Waals surface area (Å²) in [5, 5.41) is 12.8. The first-order valence-electron chi connectivity index (χ1n) is 3.80. The summed E-state index contributed by atoms with van der Waals surface area (Å²) >= 11 is 0. The van der Waals surface area contributed by atoms with Crippen molar-refractivity contribution in [2.75, 3.05) is 0 Å². The van der Waals surface area contributed by atoms with Crippen LogP contribution in [0.3, 0.4) is 0 Å². The zero-order chi connectivity index (χ0) is 10.3. The molecule has 0 aliphatic rings. The summed E-state index contributed by atoms with van der Waals surface area (Å²) in [5.74, 6) is -2.17. The van der Waals surface area contributed by atoms with E-state index in [0.29, 0.717) is 5.65 Å². The smallest absolute Gasteiger partial charge is 0.339 e. The van der Waals surface area contributed by atoms with Gasteiger partial charge in [-0.05, 0) is 0 Å². The van der Waals surface area contributed by atoms with Gasteiger partial charge in [0.05, 0.1) is 17.8 Å². The minimum atomic E-state index is -1.32. The molecule has 0 saturated heterocycles. The molecule has 0 atom stereocenters. The van der Waals surface area contributed by atoms with Crippen LogP contribution in [-0.4, -0.2) is 25.8 Å². The van der Waals surface area contributed by atoms with Crippen molar-refractivity contribution in [3.05, 3.63) is 23.8 Å². The quantitative estimate of drug-likeness (QED) is 0.730. The summed E-state index contributed by atoms with van der Waals surface area (Å²) in [7, 11) is 1.61. The predicted octanol–water partition coefficient (Wildman–Crippen LogP) is 0.806. The number of aryl methyl sites for hydroxylation is 1. The molecule has 14 heavy (non-hydrogen) atoms. The maximum absolute atomic E-state index is 13.1. The Hall–Kier alpha value is -1.98. The number of carboxylic acids is 1. The highest BCUT2D eigenvalue weighted by Crippen LogP contribution is 2.18. The number of nitrogens with zero attached hydrogens (tertiary/aromatic N) is 3. The molecule has 0 aromatic carbocycles. The van der Waals surface area contributed by atoms with Gasteiger partial charge in [-0.3, -0.25) is 4.68 Å². The lowest BCUT2D eigenvalue weighted by atomic mass is 10.2. The molecule has 6 heteroatoms. The monoisotopic (exact) mass is 195 g/mol. The average Bonchev–Trinajstić information content (AvgIpc) is 2.47. The van der Waals surface area contributed by atoms with Crippen LogP contribution in [0.5, 0.6) is 0 Å². The van der Waals surface area contributed by atoms with E-state index in [9.17, 15) is 9.18 Å². The topological polar surface area (TPSA) is 68.0 Å². The van der Waals surface area contributed by atoms with Gasteiger partial charge in [0.2, 0.25) is 0 Å². The number of fused-ring (bicyclic) bond motifs is 1. The summed E-state index contributed by atoms with van der Waals surface area (Å²) in [6, 6.07) is 0. The van der Waals surface area contributed by atoms with Crippen LogP contribution >= 0.6 is 0 Å². The van der Waals surface area contributed by atoms with Gasteiger partial charge in [0.1, 0.15) is 5.56 Å². The molecule has 0 amide bonds. The lowest BCUT2D eigenvalue weighted by molar-refractivity contribution is 0.0694. The lowest BCUT2D eigenvalue weighted by Gasteiger charge is -1.98. The van der Waals surface area contributed by atoms with Gasteiger partial charge in [0.25, 0.3) is 0 Å². The van der Waals surface area contributed by atoms with E-state index in [1.807, 2.05) is 0 Å². The van der Waals surface area contributed by atoms with E-state index in [4.69, 9.17) is 5.11 Å². The molecule has 2 rings (SSSR count). The van der Waals surface area contributed by atoms with Crippen LogP contribution in [0.15, 0.2) is 12.4 Å². The van der Waals surface area contributed by atoms with Crippen molar-refractivity contribution in [3.63, 3.8) is 0 Å². The normalized spacial score (nSPS) is 10.7.